The van der Waals surface area contributed by atoms with Crippen LogP contribution >= 0.6 is 0 Å². The lowest BCUT2D eigenvalue weighted by molar-refractivity contribution is 0.500. The number of aromatic nitrogens is 1. The van der Waals surface area contributed by atoms with E-state index in [0.29, 0.717) is 12.1 Å². The van der Waals surface area contributed by atoms with E-state index in [2.05, 4.69) is 15.3 Å². The van der Waals surface area contributed by atoms with Crippen LogP contribution in [0.4, 0.5) is 0 Å². The van der Waals surface area contributed by atoms with Gasteiger partial charge in [-0.3, -0.25) is 4.98 Å². The number of hydrogen-bond acceptors (Lipinski definition) is 5. The number of nitrogens with one attached hydrogen (secondary N) is 1. The molecule has 0 saturated carbocycles. The first-order valence-electron chi connectivity index (χ1n) is 4.65. The van der Waals surface area contributed by atoms with Gasteiger partial charge in [-0.25, -0.2) is 4.99 Å². The van der Waals surface area contributed by atoms with Gasteiger partial charge in [0.1, 0.15) is 0 Å². The zero-order valence-corrected chi connectivity index (χ0v) is 8.22. The van der Waals surface area contributed by atoms with Crippen molar-refractivity contribution in [1.82, 2.24) is 10.3 Å². The van der Waals surface area contributed by atoms with Gasteiger partial charge < -0.3 is 16.8 Å². The first-order chi connectivity index (χ1) is 7.21. The van der Waals surface area contributed by atoms with E-state index in [1.165, 1.54) is 0 Å². The molecule has 0 aromatic carbocycles. The second-order valence-corrected chi connectivity index (χ2v) is 3.45. The lowest BCUT2D eigenvalue weighted by Gasteiger charge is -2.27. The van der Waals surface area contributed by atoms with Crippen LogP contribution in [0.15, 0.2) is 41.3 Å². The smallest absolute Gasteiger partial charge is 0.156 e. The van der Waals surface area contributed by atoms with Crippen molar-refractivity contribution >= 4 is 6.34 Å². The summed E-state index contributed by atoms with van der Waals surface area (Å²) in [5, 5.41) is 2.80. The highest BCUT2D eigenvalue weighted by Crippen LogP contribution is 2.17. The Bertz CT molecular complexity index is 398. The molecule has 0 fully saturated rings. The molecule has 0 bridgehead atoms. The molecule has 1 aromatic heterocycles. The number of nitrogens with two attached hydrogens (primary N) is 2. The van der Waals surface area contributed by atoms with Crippen molar-refractivity contribution in [3.8, 4) is 0 Å². The summed E-state index contributed by atoms with van der Waals surface area (Å²) in [6.45, 7) is 0. The Balaban J connectivity index is 2.21. The van der Waals surface area contributed by atoms with Gasteiger partial charge in [-0.05, 0) is 12.1 Å². The van der Waals surface area contributed by atoms with Gasteiger partial charge in [0.15, 0.2) is 5.66 Å². The van der Waals surface area contributed by atoms with Gasteiger partial charge in [0.25, 0.3) is 0 Å². The maximum atomic E-state index is 6.06. The maximum absolute atomic E-state index is 6.06. The largest absolute Gasteiger partial charge is 0.398 e. The second-order valence-electron chi connectivity index (χ2n) is 3.45. The molecule has 5 heteroatoms. The molecule has 1 aliphatic heterocycles. The quantitative estimate of drug-likeness (QED) is 0.616. The van der Waals surface area contributed by atoms with Crippen LogP contribution in [0.25, 0.3) is 0 Å². The van der Waals surface area contributed by atoms with Crippen LogP contribution in [-0.4, -0.2) is 17.0 Å². The molecule has 1 unspecified atom stereocenters. The molecule has 1 aromatic rings. The van der Waals surface area contributed by atoms with E-state index in [0.717, 1.165) is 5.69 Å². The van der Waals surface area contributed by atoms with Crippen LogP contribution in [0, 0.1) is 0 Å². The van der Waals surface area contributed by atoms with E-state index in [9.17, 15) is 0 Å². The number of aliphatic imine (C=N–C) groups is 1. The molecular formula is C10H13N5. The monoisotopic (exact) mass is 203 g/mol. The molecule has 0 spiro atoms. The topological polar surface area (TPSA) is 89.3 Å². The number of nitrogens with zero attached hydrogens (tertiary/aromatic N) is 2. The third-order valence-electron chi connectivity index (χ3n) is 2.28. The minimum atomic E-state index is -0.875. The molecule has 2 rings (SSSR count). The van der Waals surface area contributed by atoms with Crippen LogP contribution in [-0.2, 0) is 6.42 Å². The van der Waals surface area contributed by atoms with Crippen LogP contribution < -0.4 is 16.8 Å². The van der Waals surface area contributed by atoms with E-state index in [-0.39, 0.29) is 0 Å². The summed E-state index contributed by atoms with van der Waals surface area (Å²) in [6, 6.07) is 5.67. The molecule has 5 N–H and O–H groups in total. The fourth-order valence-electron chi connectivity index (χ4n) is 1.41. The van der Waals surface area contributed by atoms with Gasteiger partial charge in [-0.2, -0.15) is 0 Å². The molecule has 0 radical (unpaired) electrons. The number of hydrogen-bond donors (Lipinski definition) is 3. The second kappa shape index (κ2) is 3.70. The van der Waals surface area contributed by atoms with Crippen molar-refractivity contribution in [3.63, 3.8) is 0 Å². The molecule has 0 saturated heterocycles. The molecule has 1 atom stereocenters. The average Bonchev–Trinajstić information content (AvgIpc) is 2.24. The summed E-state index contributed by atoms with van der Waals surface area (Å²) >= 11 is 0. The zero-order chi connectivity index (χ0) is 10.7. The molecule has 78 valence electrons. The Labute approximate surface area is 87.9 Å². The van der Waals surface area contributed by atoms with Crippen molar-refractivity contribution in [2.24, 2.45) is 16.5 Å². The standard InChI is InChI=1S/C10H13N5/c11-9-6-13-7-15-10(9,12)5-8-3-1-2-4-14-8/h1-4,6-7H,5,11-12H2,(H,13,15). The molecular weight excluding hydrogens is 190 g/mol. The van der Waals surface area contributed by atoms with Crippen LogP contribution in [0.1, 0.15) is 5.69 Å². The van der Waals surface area contributed by atoms with E-state index in [4.69, 9.17) is 11.5 Å². The van der Waals surface area contributed by atoms with Crippen molar-refractivity contribution in [2.45, 2.75) is 12.1 Å². The molecule has 1 aliphatic rings. The van der Waals surface area contributed by atoms with Crippen LogP contribution in [0.2, 0.25) is 0 Å². The van der Waals surface area contributed by atoms with Gasteiger partial charge >= 0.3 is 0 Å². The average molecular weight is 203 g/mol. The Hall–Kier alpha value is -1.88. The summed E-state index contributed by atoms with van der Waals surface area (Å²) < 4.78 is 0. The van der Waals surface area contributed by atoms with Gasteiger partial charge in [0.2, 0.25) is 0 Å². The first-order valence-corrected chi connectivity index (χ1v) is 4.65. The minimum absolute atomic E-state index is 0.494. The van der Waals surface area contributed by atoms with Crippen molar-refractivity contribution in [3.05, 3.63) is 42.0 Å². The van der Waals surface area contributed by atoms with E-state index in [1.807, 2.05) is 18.2 Å². The van der Waals surface area contributed by atoms with E-state index < -0.39 is 5.66 Å². The highest BCUT2D eigenvalue weighted by molar-refractivity contribution is 5.60. The van der Waals surface area contributed by atoms with Gasteiger partial charge in [-0.1, -0.05) is 6.07 Å². The Morgan fingerprint density at radius 3 is 2.93 bits per heavy atom. The van der Waals surface area contributed by atoms with Gasteiger partial charge in [-0.15, -0.1) is 0 Å². The number of rotatable bonds is 2. The summed E-state index contributed by atoms with van der Waals surface area (Å²) in [5.74, 6) is 0. The molecule has 2 heterocycles. The third kappa shape index (κ3) is 1.97. The molecule has 5 nitrogen and oxygen atoms in total. The minimum Gasteiger partial charge on any atom is -0.398 e. The Morgan fingerprint density at radius 1 is 1.40 bits per heavy atom. The highest BCUT2D eigenvalue weighted by Gasteiger charge is 2.29. The predicted octanol–water partition coefficient (Wildman–Crippen LogP) is -0.289. The first kappa shape index (κ1) is 9.67. The van der Waals surface area contributed by atoms with Crippen LogP contribution in [0.5, 0.6) is 0 Å². The highest BCUT2D eigenvalue weighted by atomic mass is 15.1. The van der Waals surface area contributed by atoms with Crippen molar-refractivity contribution < 1.29 is 0 Å². The van der Waals surface area contributed by atoms with E-state index >= 15 is 0 Å². The lowest BCUT2D eigenvalue weighted by atomic mass is 10.0. The fourth-order valence-corrected chi connectivity index (χ4v) is 1.41. The summed E-state index contributed by atoms with van der Waals surface area (Å²) in [5.41, 5.74) is 12.4. The van der Waals surface area contributed by atoms with Crippen molar-refractivity contribution in [1.29, 1.82) is 0 Å². The summed E-state index contributed by atoms with van der Waals surface area (Å²) in [4.78, 5) is 8.34. The maximum Gasteiger partial charge on any atom is 0.156 e. The molecule has 0 aliphatic carbocycles. The lowest BCUT2D eigenvalue weighted by Crippen LogP contribution is -2.48. The van der Waals surface area contributed by atoms with Gasteiger partial charge in [0.05, 0.1) is 12.0 Å². The fraction of sp³-hybridized carbons (Fsp3) is 0.200. The third-order valence-corrected chi connectivity index (χ3v) is 2.28. The van der Waals surface area contributed by atoms with Crippen LogP contribution in [0.3, 0.4) is 0 Å². The summed E-state index contributed by atoms with van der Waals surface area (Å²) in [6.07, 6.45) is 5.41. The van der Waals surface area contributed by atoms with Crippen molar-refractivity contribution in [2.75, 3.05) is 0 Å². The SMILES string of the molecule is NC1=CNC=NC1(N)Cc1ccccn1. The predicted molar refractivity (Wildman–Crippen MR) is 58.8 cm³/mol. The number of pyridine rings is 1. The zero-order valence-electron chi connectivity index (χ0n) is 8.22. The van der Waals surface area contributed by atoms with Gasteiger partial charge in [0, 0.05) is 24.5 Å². The summed E-state index contributed by atoms with van der Waals surface area (Å²) in [7, 11) is 0. The Kier molecular flexibility index (Phi) is 2.39. The molecule has 15 heavy (non-hydrogen) atoms. The Morgan fingerprint density at radius 2 is 2.27 bits per heavy atom. The van der Waals surface area contributed by atoms with E-state index in [1.54, 1.807) is 18.7 Å². The normalized spacial score (nSPS) is 24.5. The molecule has 0 amide bonds.